The summed E-state index contributed by atoms with van der Waals surface area (Å²) in [6.45, 7) is 5.09. The van der Waals surface area contributed by atoms with E-state index in [1.807, 2.05) is 17.9 Å². The highest BCUT2D eigenvalue weighted by Crippen LogP contribution is 2.38. The maximum atomic E-state index is 12.3. The lowest BCUT2D eigenvalue weighted by Gasteiger charge is -2.54. The van der Waals surface area contributed by atoms with Gasteiger partial charge in [-0.25, -0.2) is 0 Å². The predicted molar refractivity (Wildman–Crippen MR) is 65.8 cm³/mol. The number of nitrogens with zero attached hydrogens (tertiary/aromatic N) is 2. The smallest absolute Gasteiger partial charge is 0.255 e. The second-order valence-electron chi connectivity index (χ2n) is 4.94. The van der Waals surface area contributed by atoms with Gasteiger partial charge < -0.3 is 9.64 Å². The number of rotatable bonds is 1. The quantitative estimate of drug-likeness (QED) is 0.791. The van der Waals surface area contributed by atoms with E-state index in [0.29, 0.717) is 5.56 Å². The van der Waals surface area contributed by atoms with Crippen molar-refractivity contribution in [2.75, 3.05) is 26.3 Å². The molecule has 2 aliphatic rings. The van der Waals surface area contributed by atoms with Crippen molar-refractivity contribution in [2.45, 2.75) is 6.92 Å². The minimum atomic E-state index is 0.0776. The van der Waals surface area contributed by atoms with Gasteiger partial charge in [-0.2, -0.15) is 0 Å². The minimum absolute atomic E-state index is 0.0776. The second-order valence-corrected chi connectivity index (χ2v) is 5.86. The van der Waals surface area contributed by atoms with Gasteiger partial charge in [0.2, 0.25) is 0 Å². The summed E-state index contributed by atoms with van der Waals surface area (Å²) in [5.74, 6) is 0.0776. The molecule has 1 spiro atoms. The number of hydrogen-bond acceptors (Lipinski definition) is 3. The van der Waals surface area contributed by atoms with Crippen LogP contribution in [0.2, 0.25) is 0 Å². The first-order valence-corrected chi connectivity index (χ1v) is 6.38. The Labute approximate surface area is 108 Å². The Morgan fingerprint density at radius 2 is 2.24 bits per heavy atom. The molecular weight excluding hydrogens is 284 g/mol. The molecule has 0 radical (unpaired) electrons. The zero-order valence-electron chi connectivity index (χ0n) is 9.57. The minimum Gasteiger partial charge on any atom is -0.380 e. The fourth-order valence-corrected chi connectivity index (χ4v) is 2.71. The molecule has 90 valence electrons. The molecule has 4 nitrogen and oxygen atoms in total. The molecule has 1 amide bonds. The van der Waals surface area contributed by atoms with Gasteiger partial charge in [0.25, 0.3) is 5.91 Å². The predicted octanol–water partition coefficient (Wildman–Crippen LogP) is 1.62. The summed E-state index contributed by atoms with van der Waals surface area (Å²) < 4.78 is 6.04. The number of aromatic nitrogens is 1. The van der Waals surface area contributed by atoms with Crippen LogP contribution in [0.3, 0.4) is 0 Å². The number of aryl methyl sites for hydroxylation is 1. The summed E-state index contributed by atoms with van der Waals surface area (Å²) >= 11 is 3.35. The Morgan fingerprint density at radius 1 is 1.53 bits per heavy atom. The average molecular weight is 297 g/mol. The molecule has 0 N–H and O–H groups in total. The number of amides is 1. The summed E-state index contributed by atoms with van der Waals surface area (Å²) in [5, 5.41) is 0. The molecule has 0 aliphatic carbocycles. The Balaban J connectivity index is 1.76. The van der Waals surface area contributed by atoms with E-state index in [4.69, 9.17) is 4.74 Å². The molecule has 2 aliphatic heterocycles. The molecule has 2 saturated heterocycles. The molecule has 3 rings (SSSR count). The number of hydrogen-bond donors (Lipinski definition) is 0. The largest absolute Gasteiger partial charge is 0.380 e. The van der Waals surface area contributed by atoms with E-state index in [2.05, 4.69) is 20.9 Å². The van der Waals surface area contributed by atoms with Crippen LogP contribution in [0.4, 0.5) is 0 Å². The summed E-state index contributed by atoms with van der Waals surface area (Å²) in [6, 6.07) is 1.84. The van der Waals surface area contributed by atoms with Crippen LogP contribution in [-0.2, 0) is 4.74 Å². The van der Waals surface area contributed by atoms with E-state index in [1.54, 1.807) is 6.20 Å². The van der Waals surface area contributed by atoms with E-state index in [9.17, 15) is 4.79 Å². The van der Waals surface area contributed by atoms with Crippen molar-refractivity contribution in [3.05, 3.63) is 28.0 Å². The van der Waals surface area contributed by atoms with Gasteiger partial charge in [-0.1, -0.05) is 0 Å². The molecular formula is C12H13BrN2O2. The lowest BCUT2D eigenvalue weighted by molar-refractivity contribution is -0.176. The summed E-state index contributed by atoms with van der Waals surface area (Å²) in [6.07, 6.45) is 1.71. The average Bonchev–Trinajstić information content (AvgIpc) is 2.17. The number of pyridine rings is 1. The highest BCUT2D eigenvalue weighted by atomic mass is 79.9. The number of carbonyl (C=O) groups is 1. The normalized spacial score (nSPS) is 20.9. The maximum absolute atomic E-state index is 12.3. The number of halogens is 1. The Kier molecular flexibility index (Phi) is 2.48. The van der Waals surface area contributed by atoms with Crippen LogP contribution in [0, 0.1) is 12.3 Å². The van der Waals surface area contributed by atoms with E-state index >= 15 is 0 Å². The third-order valence-electron chi connectivity index (χ3n) is 3.44. The number of carbonyl (C=O) groups excluding carboxylic acids is 1. The molecule has 1 aromatic rings. The lowest BCUT2D eigenvalue weighted by atomic mass is 9.78. The zero-order valence-corrected chi connectivity index (χ0v) is 11.2. The monoisotopic (exact) mass is 296 g/mol. The van der Waals surface area contributed by atoms with Gasteiger partial charge in [0, 0.05) is 23.8 Å². The molecule has 0 saturated carbocycles. The molecule has 5 heteroatoms. The van der Waals surface area contributed by atoms with Crippen molar-refractivity contribution in [3.8, 4) is 0 Å². The fraction of sp³-hybridized carbons (Fsp3) is 0.500. The number of ether oxygens (including phenoxy) is 1. The first-order valence-electron chi connectivity index (χ1n) is 5.59. The van der Waals surface area contributed by atoms with E-state index in [-0.39, 0.29) is 11.3 Å². The highest BCUT2D eigenvalue weighted by molar-refractivity contribution is 9.10. The molecule has 2 fully saturated rings. The van der Waals surface area contributed by atoms with Gasteiger partial charge in [-0.3, -0.25) is 9.78 Å². The molecule has 0 aromatic carbocycles. The lowest BCUT2D eigenvalue weighted by Crippen LogP contribution is -2.67. The SMILES string of the molecule is Cc1ncc(Br)cc1C(=O)N1CC2(COC2)C1. The zero-order chi connectivity index (χ0) is 12.0. The third-order valence-corrected chi connectivity index (χ3v) is 3.87. The van der Waals surface area contributed by atoms with Crippen LogP contribution in [0.25, 0.3) is 0 Å². The van der Waals surface area contributed by atoms with E-state index in [0.717, 1.165) is 36.5 Å². The molecule has 1 aromatic heterocycles. The van der Waals surface area contributed by atoms with Crippen molar-refractivity contribution in [3.63, 3.8) is 0 Å². The maximum Gasteiger partial charge on any atom is 0.255 e. The fourth-order valence-electron chi connectivity index (χ4n) is 2.37. The van der Waals surface area contributed by atoms with Gasteiger partial charge in [-0.05, 0) is 28.9 Å². The van der Waals surface area contributed by atoms with Crippen molar-refractivity contribution in [2.24, 2.45) is 5.41 Å². The summed E-state index contributed by atoms with van der Waals surface area (Å²) in [7, 11) is 0. The van der Waals surface area contributed by atoms with Crippen LogP contribution in [0.5, 0.6) is 0 Å². The van der Waals surface area contributed by atoms with E-state index < -0.39 is 0 Å². The molecule has 17 heavy (non-hydrogen) atoms. The van der Waals surface area contributed by atoms with Gasteiger partial charge in [0.1, 0.15) is 0 Å². The van der Waals surface area contributed by atoms with Gasteiger partial charge in [0.05, 0.1) is 29.9 Å². The van der Waals surface area contributed by atoms with E-state index in [1.165, 1.54) is 0 Å². The van der Waals surface area contributed by atoms with Crippen molar-refractivity contribution < 1.29 is 9.53 Å². The van der Waals surface area contributed by atoms with Crippen LogP contribution < -0.4 is 0 Å². The summed E-state index contributed by atoms with van der Waals surface area (Å²) in [5.41, 5.74) is 1.74. The Hall–Kier alpha value is -0.940. The number of likely N-dealkylation sites (tertiary alicyclic amines) is 1. The first kappa shape index (κ1) is 11.2. The van der Waals surface area contributed by atoms with Crippen LogP contribution >= 0.6 is 15.9 Å². The highest BCUT2D eigenvalue weighted by Gasteiger charge is 2.50. The van der Waals surface area contributed by atoms with Crippen LogP contribution in [0.15, 0.2) is 16.7 Å². The van der Waals surface area contributed by atoms with Gasteiger partial charge >= 0.3 is 0 Å². The summed E-state index contributed by atoms with van der Waals surface area (Å²) in [4.78, 5) is 18.3. The van der Waals surface area contributed by atoms with Crippen LogP contribution in [0.1, 0.15) is 16.1 Å². The molecule has 3 heterocycles. The second kappa shape index (κ2) is 3.78. The Morgan fingerprint density at radius 3 is 2.82 bits per heavy atom. The molecule has 0 atom stereocenters. The standard InChI is InChI=1S/C12H13BrN2O2/c1-8-10(2-9(13)3-14-8)11(16)15-4-12(5-15)6-17-7-12/h2-3H,4-7H2,1H3. The van der Waals surface area contributed by atoms with Crippen molar-refractivity contribution in [1.82, 2.24) is 9.88 Å². The first-order chi connectivity index (χ1) is 8.10. The third kappa shape index (κ3) is 1.77. The topological polar surface area (TPSA) is 42.4 Å². The van der Waals surface area contributed by atoms with Gasteiger partial charge in [0.15, 0.2) is 0 Å². The van der Waals surface area contributed by atoms with Crippen LogP contribution in [-0.4, -0.2) is 42.1 Å². The van der Waals surface area contributed by atoms with Gasteiger partial charge in [-0.15, -0.1) is 0 Å². The molecule has 0 bridgehead atoms. The van der Waals surface area contributed by atoms with Crippen molar-refractivity contribution >= 4 is 21.8 Å². The molecule has 0 unspecified atom stereocenters. The van der Waals surface area contributed by atoms with Crippen molar-refractivity contribution in [1.29, 1.82) is 0 Å². The Bertz CT molecular complexity index is 477.